The molecule has 1 aromatic heterocycles. The van der Waals surface area contributed by atoms with Crippen molar-refractivity contribution in [3.63, 3.8) is 0 Å². The number of carbonyl (C=O) groups is 1. The first-order valence-electron chi connectivity index (χ1n) is 4.74. The van der Waals surface area contributed by atoms with E-state index < -0.39 is 6.16 Å². The van der Waals surface area contributed by atoms with Crippen LogP contribution in [0.2, 0.25) is 0 Å². The number of nitrogens with zero attached hydrogens (tertiary/aromatic N) is 3. The van der Waals surface area contributed by atoms with Crippen molar-refractivity contribution >= 4 is 12.0 Å². The van der Waals surface area contributed by atoms with Gasteiger partial charge in [-0.3, -0.25) is 0 Å². The monoisotopic (exact) mass is 234 g/mol. The molecule has 0 unspecified atom stereocenters. The largest absolute Gasteiger partial charge is 0.515 e. The zero-order valence-electron chi connectivity index (χ0n) is 9.03. The average Bonchev–Trinajstić information content (AvgIpc) is 2.72. The maximum atomic E-state index is 10.9. The van der Waals surface area contributed by atoms with E-state index >= 15 is 0 Å². The van der Waals surface area contributed by atoms with Crippen molar-refractivity contribution in [3.05, 3.63) is 30.3 Å². The molecular weight excluding hydrogens is 224 g/mol. The zero-order chi connectivity index (χ0) is 12.3. The van der Waals surface area contributed by atoms with Crippen LogP contribution >= 0.6 is 0 Å². The molecule has 88 valence electrons. The van der Waals surface area contributed by atoms with Gasteiger partial charge in [0.1, 0.15) is 0 Å². The summed E-state index contributed by atoms with van der Waals surface area (Å²) in [5.41, 5.74) is 6.46. The smallest absolute Gasteiger partial charge is 0.437 e. The number of hydrogen-bond donors (Lipinski definition) is 1. The molecule has 2 aromatic rings. The number of hydrogen-bond acceptors (Lipinski definition) is 6. The molecule has 17 heavy (non-hydrogen) atoms. The number of nitrogens with two attached hydrogens (primary N) is 1. The number of aromatic nitrogens is 3. The molecule has 1 aromatic carbocycles. The minimum Gasteiger partial charge on any atom is -0.437 e. The number of nitrogen functional groups attached to an aromatic ring is 1. The first kappa shape index (κ1) is 10.9. The fourth-order valence-corrected chi connectivity index (χ4v) is 1.23. The number of ether oxygens (including phenoxy) is 2. The van der Waals surface area contributed by atoms with Gasteiger partial charge in [0, 0.05) is 0 Å². The Hall–Kier alpha value is -2.57. The number of benzene rings is 1. The van der Waals surface area contributed by atoms with Crippen molar-refractivity contribution in [2.45, 2.75) is 0 Å². The first-order chi connectivity index (χ1) is 8.22. The first-order valence-corrected chi connectivity index (χ1v) is 4.74. The quantitative estimate of drug-likeness (QED) is 0.779. The normalized spacial score (nSPS) is 9.94. The van der Waals surface area contributed by atoms with Gasteiger partial charge in [-0.05, 0) is 12.1 Å². The van der Waals surface area contributed by atoms with E-state index in [0.29, 0.717) is 0 Å². The molecular formula is C10H10N4O3. The Bertz CT molecular complexity index is 524. The SMILES string of the molecule is COC(=O)Oc1nnn(-c2ccccc2)c1N. The Morgan fingerprint density at radius 3 is 2.71 bits per heavy atom. The third-order valence-corrected chi connectivity index (χ3v) is 2.02. The summed E-state index contributed by atoms with van der Waals surface area (Å²) in [6, 6.07) is 9.12. The molecule has 0 atom stereocenters. The fraction of sp³-hybridized carbons (Fsp3) is 0.100. The van der Waals surface area contributed by atoms with E-state index in [1.807, 2.05) is 18.2 Å². The molecule has 0 saturated carbocycles. The zero-order valence-corrected chi connectivity index (χ0v) is 9.03. The van der Waals surface area contributed by atoms with Crippen molar-refractivity contribution < 1.29 is 14.3 Å². The lowest BCUT2D eigenvalue weighted by atomic mass is 10.3. The van der Waals surface area contributed by atoms with Crippen LogP contribution in [0.15, 0.2) is 30.3 Å². The summed E-state index contributed by atoms with van der Waals surface area (Å²) >= 11 is 0. The molecule has 0 spiro atoms. The molecule has 0 radical (unpaired) electrons. The van der Waals surface area contributed by atoms with Crippen molar-refractivity contribution in [3.8, 4) is 11.6 Å². The maximum absolute atomic E-state index is 10.9. The van der Waals surface area contributed by atoms with Crippen LogP contribution in [-0.4, -0.2) is 28.3 Å². The molecule has 0 bridgehead atoms. The number of methoxy groups -OCH3 is 1. The molecule has 0 aliphatic heterocycles. The Morgan fingerprint density at radius 2 is 2.06 bits per heavy atom. The van der Waals surface area contributed by atoms with Crippen LogP contribution in [0.3, 0.4) is 0 Å². The molecule has 2 rings (SSSR count). The Balaban J connectivity index is 2.30. The second-order valence-corrected chi connectivity index (χ2v) is 3.08. The third kappa shape index (κ3) is 2.17. The minimum atomic E-state index is -0.892. The standard InChI is InChI=1S/C10H10N4O3/c1-16-10(15)17-9-8(11)14(13-12-9)7-5-3-2-4-6-7/h2-6H,11H2,1H3. The second kappa shape index (κ2) is 4.52. The summed E-state index contributed by atoms with van der Waals surface area (Å²) in [7, 11) is 1.19. The molecule has 0 amide bonds. The van der Waals surface area contributed by atoms with Crippen LogP contribution < -0.4 is 10.5 Å². The topological polar surface area (TPSA) is 92.3 Å². The van der Waals surface area contributed by atoms with Gasteiger partial charge >= 0.3 is 6.16 Å². The summed E-state index contributed by atoms with van der Waals surface area (Å²) in [4.78, 5) is 10.9. The van der Waals surface area contributed by atoms with Crippen molar-refractivity contribution in [2.24, 2.45) is 0 Å². The van der Waals surface area contributed by atoms with Gasteiger partial charge < -0.3 is 15.2 Å². The number of carbonyl (C=O) groups excluding carboxylic acids is 1. The lowest BCUT2D eigenvalue weighted by molar-refractivity contribution is 0.120. The van der Waals surface area contributed by atoms with Gasteiger partial charge in [-0.15, -0.1) is 0 Å². The lowest BCUT2D eigenvalue weighted by Gasteiger charge is -2.02. The minimum absolute atomic E-state index is 0.0827. The average molecular weight is 234 g/mol. The summed E-state index contributed by atoms with van der Waals surface area (Å²) in [6.45, 7) is 0. The predicted octanol–water partition coefficient (Wildman–Crippen LogP) is 0.995. The van der Waals surface area contributed by atoms with E-state index in [2.05, 4.69) is 15.0 Å². The summed E-state index contributed by atoms with van der Waals surface area (Å²) < 4.78 is 10.4. The Morgan fingerprint density at radius 1 is 1.35 bits per heavy atom. The highest BCUT2D eigenvalue weighted by Gasteiger charge is 2.15. The van der Waals surface area contributed by atoms with Gasteiger partial charge in [0.05, 0.1) is 12.8 Å². The molecule has 0 aliphatic carbocycles. The number of rotatable bonds is 2. The van der Waals surface area contributed by atoms with Gasteiger partial charge in [0.15, 0.2) is 5.82 Å². The van der Waals surface area contributed by atoms with Crippen LogP contribution in [0.4, 0.5) is 10.6 Å². The Labute approximate surface area is 96.7 Å². The predicted molar refractivity (Wildman–Crippen MR) is 58.8 cm³/mol. The van der Waals surface area contributed by atoms with Gasteiger partial charge in [0.2, 0.25) is 0 Å². The summed E-state index contributed by atoms with van der Waals surface area (Å²) in [5.74, 6) is 0.0438. The third-order valence-electron chi connectivity index (χ3n) is 2.02. The van der Waals surface area contributed by atoms with Crippen LogP contribution in [-0.2, 0) is 4.74 Å². The lowest BCUT2D eigenvalue weighted by Crippen LogP contribution is -2.09. The number of para-hydroxylation sites is 1. The van der Waals surface area contributed by atoms with Gasteiger partial charge in [-0.25, -0.2) is 4.79 Å². The van der Waals surface area contributed by atoms with Crippen molar-refractivity contribution in [1.82, 2.24) is 15.0 Å². The highest BCUT2D eigenvalue weighted by atomic mass is 16.7. The van der Waals surface area contributed by atoms with Crippen LogP contribution in [0.5, 0.6) is 5.88 Å². The molecule has 0 fully saturated rings. The van der Waals surface area contributed by atoms with Crippen LogP contribution in [0, 0.1) is 0 Å². The Kier molecular flexibility index (Phi) is 2.91. The van der Waals surface area contributed by atoms with E-state index in [9.17, 15) is 4.79 Å². The summed E-state index contributed by atoms with van der Waals surface area (Å²) in [6.07, 6.45) is -0.892. The highest BCUT2D eigenvalue weighted by molar-refractivity contribution is 5.65. The van der Waals surface area contributed by atoms with Crippen molar-refractivity contribution in [1.29, 1.82) is 0 Å². The van der Waals surface area contributed by atoms with E-state index in [1.54, 1.807) is 12.1 Å². The van der Waals surface area contributed by atoms with Gasteiger partial charge in [-0.2, -0.15) is 4.68 Å². The fourth-order valence-electron chi connectivity index (χ4n) is 1.23. The van der Waals surface area contributed by atoms with E-state index in [0.717, 1.165) is 5.69 Å². The second-order valence-electron chi connectivity index (χ2n) is 3.08. The molecule has 2 N–H and O–H groups in total. The molecule has 0 saturated heterocycles. The van der Waals surface area contributed by atoms with E-state index in [4.69, 9.17) is 10.5 Å². The van der Waals surface area contributed by atoms with Crippen LogP contribution in [0.25, 0.3) is 5.69 Å². The van der Waals surface area contributed by atoms with Gasteiger partial charge in [-0.1, -0.05) is 28.5 Å². The summed E-state index contributed by atoms with van der Waals surface area (Å²) in [5, 5.41) is 7.43. The van der Waals surface area contributed by atoms with Crippen molar-refractivity contribution in [2.75, 3.05) is 12.8 Å². The van der Waals surface area contributed by atoms with Crippen LogP contribution in [0.1, 0.15) is 0 Å². The number of anilines is 1. The molecule has 7 heteroatoms. The molecule has 1 heterocycles. The molecule has 7 nitrogen and oxygen atoms in total. The maximum Gasteiger partial charge on any atom is 0.515 e. The van der Waals surface area contributed by atoms with Gasteiger partial charge in [0.25, 0.3) is 5.88 Å². The van der Waals surface area contributed by atoms with E-state index in [1.165, 1.54) is 11.8 Å². The van der Waals surface area contributed by atoms with E-state index in [-0.39, 0.29) is 11.7 Å². The highest BCUT2D eigenvalue weighted by Crippen LogP contribution is 2.20. The molecule has 0 aliphatic rings.